The molecule has 2 aromatic rings. The highest BCUT2D eigenvalue weighted by Gasteiger charge is 2.30. The average molecular weight is 240 g/mol. The smallest absolute Gasteiger partial charge is 0.105 e. The highest BCUT2D eigenvalue weighted by molar-refractivity contribution is 5.52. The van der Waals surface area contributed by atoms with Crippen LogP contribution in [-0.4, -0.2) is 10.2 Å². The topological polar surface area (TPSA) is 40.5 Å². The fourth-order valence-corrected chi connectivity index (χ4v) is 2.85. The first kappa shape index (κ1) is 11.5. The Morgan fingerprint density at radius 3 is 2.11 bits per heavy atom. The molecule has 0 aliphatic heterocycles. The molecule has 1 aliphatic rings. The lowest BCUT2D eigenvalue weighted by Crippen LogP contribution is -2.19. The first-order valence-corrected chi connectivity index (χ1v) is 6.30. The summed E-state index contributed by atoms with van der Waals surface area (Å²) >= 11 is 0. The van der Waals surface area contributed by atoms with E-state index in [0.29, 0.717) is 0 Å². The molecule has 2 unspecified atom stereocenters. The number of benzene rings is 2. The second-order valence-corrected chi connectivity index (χ2v) is 4.71. The maximum atomic E-state index is 10.5. The van der Waals surface area contributed by atoms with Crippen LogP contribution in [-0.2, 0) is 6.42 Å². The molecule has 2 nitrogen and oxygen atoms in total. The summed E-state index contributed by atoms with van der Waals surface area (Å²) in [6.07, 6.45) is -0.406. The summed E-state index contributed by atoms with van der Waals surface area (Å²) in [4.78, 5) is 0. The van der Waals surface area contributed by atoms with Gasteiger partial charge in [-0.1, -0.05) is 49.4 Å². The molecule has 0 bridgehead atoms. The molecule has 2 N–H and O–H groups in total. The molecule has 2 aromatic carbocycles. The molecule has 18 heavy (non-hydrogen) atoms. The Hall–Kier alpha value is -1.64. The molecular formula is C16H16O2. The number of aliphatic hydroxyl groups excluding tert-OH is 2. The maximum Gasteiger partial charge on any atom is 0.105 e. The van der Waals surface area contributed by atoms with Crippen molar-refractivity contribution in [2.24, 2.45) is 0 Å². The van der Waals surface area contributed by atoms with Gasteiger partial charge in [0.1, 0.15) is 12.2 Å². The molecule has 2 heteroatoms. The molecule has 0 saturated carbocycles. The Labute approximate surface area is 107 Å². The summed E-state index contributed by atoms with van der Waals surface area (Å²) in [6, 6.07) is 13.4. The van der Waals surface area contributed by atoms with E-state index in [9.17, 15) is 10.2 Å². The fraction of sp³-hybridized carbons (Fsp3) is 0.250. The molecule has 2 atom stereocenters. The SMILES string of the molecule is CCc1cccc2c1C(O)c1ccccc1C2O. The van der Waals surface area contributed by atoms with Gasteiger partial charge in [-0.05, 0) is 34.2 Å². The first-order valence-electron chi connectivity index (χ1n) is 6.30. The molecule has 0 saturated heterocycles. The highest BCUT2D eigenvalue weighted by atomic mass is 16.3. The normalized spacial score (nSPS) is 21.3. The lowest BCUT2D eigenvalue weighted by molar-refractivity contribution is 0.172. The molecule has 0 spiro atoms. The van der Waals surface area contributed by atoms with Gasteiger partial charge >= 0.3 is 0 Å². The van der Waals surface area contributed by atoms with Crippen molar-refractivity contribution in [2.45, 2.75) is 25.6 Å². The van der Waals surface area contributed by atoms with E-state index in [2.05, 4.69) is 6.92 Å². The van der Waals surface area contributed by atoms with Crippen molar-refractivity contribution in [1.82, 2.24) is 0 Å². The molecule has 0 aromatic heterocycles. The zero-order chi connectivity index (χ0) is 12.7. The lowest BCUT2D eigenvalue weighted by atomic mass is 9.79. The van der Waals surface area contributed by atoms with Crippen LogP contribution in [0.4, 0.5) is 0 Å². The third-order valence-corrected chi connectivity index (χ3v) is 3.76. The molecule has 0 heterocycles. The number of hydrogen-bond donors (Lipinski definition) is 2. The van der Waals surface area contributed by atoms with Crippen LogP contribution in [0.25, 0.3) is 0 Å². The number of fused-ring (bicyclic) bond motifs is 2. The Bertz CT molecular complexity index is 589. The second kappa shape index (κ2) is 4.23. The third kappa shape index (κ3) is 1.50. The first-order chi connectivity index (χ1) is 8.74. The van der Waals surface area contributed by atoms with Gasteiger partial charge in [0.15, 0.2) is 0 Å². The quantitative estimate of drug-likeness (QED) is 0.804. The lowest BCUT2D eigenvalue weighted by Gasteiger charge is -2.30. The van der Waals surface area contributed by atoms with E-state index in [-0.39, 0.29) is 0 Å². The molecule has 0 radical (unpaired) electrons. The van der Waals surface area contributed by atoms with Gasteiger partial charge in [-0.15, -0.1) is 0 Å². The predicted octanol–water partition coefficient (Wildman–Crippen LogP) is 2.73. The van der Waals surface area contributed by atoms with Crippen LogP contribution in [0.5, 0.6) is 0 Å². The van der Waals surface area contributed by atoms with Gasteiger partial charge in [-0.25, -0.2) is 0 Å². The number of aliphatic hydroxyl groups is 2. The molecule has 1 aliphatic carbocycles. The van der Waals surface area contributed by atoms with Crippen molar-refractivity contribution in [3.05, 3.63) is 70.3 Å². The van der Waals surface area contributed by atoms with Gasteiger partial charge in [-0.3, -0.25) is 0 Å². The Kier molecular flexibility index (Phi) is 2.69. The summed E-state index contributed by atoms with van der Waals surface area (Å²) < 4.78 is 0. The number of hydrogen-bond acceptors (Lipinski definition) is 2. The summed E-state index contributed by atoms with van der Waals surface area (Å²) in [6.45, 7) is 2.06. The molecular weight excluding hydrogens is 224 g/mol. The van der Waals surface area contributed by atoms with Crippen molar-refractivity contribution in [3.8, 4) is 0 Å². The van der Waals surface area contributed by atoms with Crippen LogP contribution in [0.15, 0.2) is 42.5 Å². The van der Waals surface area contributed by atoms with Crippen molar-refractivity contribution in [3.63, 3.8) is 0 Å². The minimum absolute atomic E-state index is 0.629. The largest absolute Gasteiger partial charge is 0.384 e. The molecule has 0 amide bonds. The van der Waals surface area contributed by atoms with Crippen LogP contribution < -0.4 is 0 Å². The fourth-order valence-electron chi connectivity index (χ4n) is 2.85. The van der Waals surface area contributed by atoms with E-state index in [1.54, 1.807) is 0 Å². The van der Waals surface area contributed by atoms with Gasteiger partial charge in [0.05, 0.1) is 0 Å². The van der Waals surface area contributed by atoms with Gasteiger partial charge in [0, 0.05) is 0 Å². The minimum atomic E-state index is -0.633. The van der Waals surface area contributed by atoms with Gasteiger partial charge in [0.2, 0.25) is 0 Å². The Morgan fingerprint density at radius 1 is 0.833 bits per heavy atom. The molecule has 0 fully saturated rings. The molecule has 92 valence electrons. The number of rotatable bonds is 1. The van der Waals surface area contributed by atoms with Gasteiger partial charge in [0.25, 0.3) is 0 Å². The van der Waals surface area contributed by atoms with Crippen molar-refractivity contribution >= 4 is 0 Å². The summed E-state index contributed by atoms with van der Waals surface area (Å²) in [5.74, 6) is 0. The molecule has 3 rings (SSSR count). The zero-order valence-corrected chi connectivity index (χ0v) is 10.3. The van der Waals surface area contributed by atoms with E-state index < -0.39 is 12.2 Å². The van der Waals surface area contributed by atoms with Crippen LogP contribution in [0.3, 0.4) is 0 Å². The van der Waals surface area contributed by atoms with E-state index in [1.807, 2.05) is 42.5 Å². The Morgan fingerprint density at radius 2 is 1.44 bits per heavy atom. The van der Waals surface area contributed by atoms with Crippen LogP contribution >= 0.6 is 0 Å². The summed E-state index contributed by atoms with van der Waals surface area (Å²) in [5.41, 5.74) is 4.45. The van der Waals surface area contributed by atoms with E-state index in [4.69, 9.17) is 0 Å². The number of aryl methyl sites for hydroxylation is 1. The predicted molar refractivity (Wildman–Crippen MR) is 70.4 cm³/mol. The third-order valence-electron chi connectivity index (χ3n) is 3.76. The second-order valence-electron chi connectivity index (χ2n) is 4.71. The van der Waals surface area contributed by atoms with E-state index >= 15 is 0 Å². The van der Waals surface area contributed by atoms with Gasteiger partial charge < -0.3 is 10.2 Å². The maximum absolute atomic E-state index is 10.5. The average Bonchev–Trinajstić information content (AvgIpc) is 2.44. The van der Waals surface area contributed by atoms with E-state index in [1.165, 1.54) is 0 Å². The summed E-state index contributed by atoms with van der Waals surface area (Å²) in [7, 11) is 0. The van der Waals surface area contributed by atoms with Gasteiger partial charge in [-0.2, -0.15) is 0 Å². The van der Waals surface area contributed by atoms with Crippen LogP contribution in [0.2, 0.25) is 0 Å². The van der Waals surface area contributed by atoms with Crippen LogP contribution in [0, 0.1) is 0 Å². The van der Waals surface area contributed by atoms with Crippen molar-refractivity contribution in [1.29, 1.82) is 0 Å². The monoisotopic (exact) mass is 240 g/mol. The van der Waals surface area contributed by atoms with Crippen LogP contribution in [0.1, 0.15) is 46.9 Å². The highest BCUT2D eigenvalue weighted by Crippen LogP contribution is 2.42. The van der Waals surface area contributed by atoms with Crippen molar-refractivity contribution in [2.75, 3.05) is 0 Å². The minimum Gasteiger partial charge on any atom is -0.384 e. The summed E-state index contributed by atoms with van der Waals surface area (Å²) in [5, 5.41) is 21.0. The standard InChI is InChI=1S/C16H16O2/c1-2-10-6-5-9-13-14(10)16(18)12-8-4-3-7-11(12)15(13)17/h3-9,15-18H,2H2,1H3. The zero-order valence-electron chi connectivity index (χ0n) is 10.3. The van der Waals surface area contributed by atoms with E-state index in [0.717, 1.165) is 34.2 Å². The van der Waals surface area contributed by atoms with Crippen molar-refractivity contribution < 1.29 is 10.2 Å². The Balaban J connectivity index is 2.27.